The fourth-order valence-electron chi connectivity index (χ4n) is 2.68. The Kier molecular flexibility index (Phi) is 4.56. The quantitative estimate of drug-likeness (QED) is 0.863. The van der Waals surface area contributed by atoms with Gasteiger partial charge < -0.3 is 14.6 Å². The van der Waals surface area contributed by atoms with Gasteiger partial charge in [-0.15, -0.1) is 0 Å². The number of aryl methyl sites for hydroxylation is 1. The van der Waals surface area contributed by atoms with E-state index in [9.17, 15) is 5.26 Å². The lowest BCUT2D eigenvalue weighted by atomic mass is 9.98. The van der Waals surface area contributed by atoms with Crippen LogP contribution in [-0.4, -0.2) is 31.8 Å². The van der Waals surface area contributed by atoms with Crippen LogP contribution in [0.15, 0.2) is 6.07 Å². The first-order chi connectivity index (χ1) is 9.15. The molecule has 0 radical (unpaired) electrons. The molecular weight excluding hydrogens is 258 g/mol. The van der Waals surface area contributed by atoms with Crippen LogP contribution in [0.3, 0.4) is 0 Å². The van der Waals surface area contributed by atoms with Crippen LogP contribution in [0.25, 0.3) is 0 Å². The number of rotatable bonds is 3. The van der Waals surface area contributed by atoms with Gasteiger partial charge in [-0.3, -0.25) is 0 Å². The summed E-state index contributed by atoms with van der Waals surface area (Å²) in [6.07, 6.45) is 2.31. The van der Waals surface area contributed by atoms with Crippen molar-refractivity contribution in [3.8, 4) is 6.07 Å². The van der Waals surface area contributed by atoms with Crippen molar-refractivity contribution in [3.63, 3.8) is 0 Å². The van der Waals surface area contributed by atoms with Crippen molar-refractivity contribution in [2.45, 2.75) is 19.8 Å². The molecule has 1 fully saturated rings. The van der Waals surface area contributed by atoms with E-state index >= 15 is 0 Å². The highest BCUT2D eigenvalue weighted by atomic mass is 32.1. The highest BCUT2D eigenvalue weighted by Crippen LogP contribution is 2.27. The number of H-pyrrole nitrogens is 1. The average molecular weight is 277 g/mol. The van der Waals surface area contributed by atoms with Gasteiger partial charge in [-0.25, -0.2) is 0 Å². The third-order valence-corrected chi connectivity index (χ3v) is 3.83. The Labute approximate surface area is 119 Å². The van der Waals surface area contributed by atoms with Crippen molar-refractivity contribution in [2.24, 2.45) is 5.92 Å². The van der Waals surface area contributed by atoms with Crippen molar-refractivity contribution >= 4 is 17.9 Å². The molecule has 0 aliphatic carbocycles. The second kappa shape index (κ2) is 6.18. The van der Waals surface area contributed by atoms with E-state index in [2.05, 4.69) is 16.0 Å². The fourth-order valence-corrected chi connectivity index (χ4v) is 3.00. The van der Waals surface area contributed by atoms with Crippen LogP contribution in [0.2, 0.25) is 0 Å². The van der Waals surface area contributed by atoms with Crippen molar-refractivity contribution in [1.29, 1.82) is 5.26 Å². The molecule has 0 aromatic carbocycles. The van der Waals surface area contributed by atoms with Gasteiger partial charge >= 0.3 is 0 Å². The number of aromatic nitrogens is 1. The zero-order chi connectivity index (χ0) is 13.8. The van der Waals surface area contributed by atoms with E-state index in [-0.39, 0.29) is 0 Å². The lowest BCUT2D eigenvalue weighted by Gasteiger charge is -2.34. The molecule has 0 saturated carbocycles. The Morgan fingerprint density at radius 1 is 1.63 bits per heavy atom. The maximum atomic E-state index is 9.30. The van der Waals surface area contributed by atoms with Crippen molar-refractivity contribution in [1.82, 2.24) is 4.98 Å². The smallest absolute Gasteiger partial charge is 0.123 e. The van der Waals surface area contributed by atoms with Gasteiger partial charge in [-0.1, -0.05) is 12.2 Å². The Hall–Kier alpha value is -1.38. The van der Waals surface area contributed by atoms with Gasteiger partial charge in [-0.2, -0.15) is 5.26 Å². The molecule has 0 bridgehead atoms. The number of aromatic amines is 1. The van der Waals surface area contributed by atoms with E-state index in [0.29, 0.717) is 16.1 Å². The molecule has 0 amide bonds. The Balaban J connectivity index is 2.31. The second-order valence-corrected chi connectivity index (χ2v) is 5.47. The van der Waals surface area contributed by atoms with Crippen LogP contribution in [0.4, 0.5) is 5.69 Å². The first kappa shape index (κ1) is 14.0. The predicted octanol–water partition coefficient (Wildman–Crippen LogP) is 2.79. The monoisotopic (exact) mass is 277 g/mol. The van der Waals surface area contributed by atoms with E-state index < -0.39 is 0 Å². The summed E-state index contributed by atoms with van der Waals surface area (Å²) in [5, 5.41) is 9.30. The van der Waals surface area contributed by atoms with Crippen molar-refractivity contribution < 1.29 is 4.74 Å². The first-order valence-electron chi connectivity index (χ1n) is 6.53. The summed E-state index contributed by atoms with van der Waals surface area (Å²) in [6.45, 7) is 4.65. The molecule has 0 unspecified atom stereocenters. The van der Waals surface area contributed by atoms with Gasteiger partial charge in [0.1, 0.15) is 16.3 Å². The average Bonchev–Trinajstić information content (AvgIpc) is 2.38. The van der Waals surface area contributed by atoms with Crippen LogP contribution in [0, 0.1) is 28.8 Å². The van der Waals surface area contributed by atoms with Crippen LogP contribution < -0.4 is 4.90 Å². The molecule has 0 spiro atoms. The minimum Gasteiger partial charge on any atom is -0.384 e. The lowest BCUT2D eigenvalue weighted by molar-refractivity contribution is 0.143. The highest BCUT2D eigenvalue weighted by molar-refractivity contribution is 7.71. The summed E-state index contributed by atoms with van der Waals surface area (Å²) in [5.74, 6) is 0.531. The maximum Gasteiger partial charge on any atom is 0.123 e. The molecule has 1 aliphatic rings. The standard InChI is InChI=1S/C14H19N3OS/c1-10-6-13(12(7-15)14(19)16-10)17-5-3-4-11(8-17)9-18-2/h6,11H,3-5,8-9H2,1-2H3,(H,16,19)/t11-/m0/s1. The van der Waals surface area contributed by atoms with E-state index in [1.54, 1.807) is 7.11 Å². The van der Waals surface area contributed by atoms with Gasteiger partial charge in [0, 0.05) is 25.9 Å². The molecule has 4 nitrogen and oxygen atoms in total. The molecule has 2 rings (SSSR count). The molecule has 2 heterocycles. The number of anilines is 1. The molecule has 1 saturated heterocycles. The summed E-state index contributed by atoms with van der Waals surface area (Å²) in [7, 11) is 1.74. The molecule has 1 N–H and O–H groups in total. The fraction of sp³-hybridized carbons (Fsp3) is 0.571. The van der Waals surface area contributed by atoms with Crippen LogP contribution in [0.5, 0.6) is 0 Å². The summed E-state index contributed by atoms with van der Waals surface area (Å²) in [5.41, 5.74) is 2.54. The molecule has 1 atom stereocenters. The van der Waals surface area contributed by atoms with Gasteiger partial charge in [-0.05, 0) is 31.7 Å². The summed E-state index contributed by atoms with van der Waals surface area (Å²) in [4.78, 5) is 5.31. The number of methoxy groups -OCH3 is 1. The second-order valence-electron chi connectivity index (χ2n) is 5.06. The molecule has 19 heavy (non-hydrogen) atoms. The largest absolute Gasteiger partial charge is 0.384 e. The third-order valence-electron chi connectivity index (χ3n) is 3.52. The highest BCUT2D eigenvalue weighted by Gasteiger charge is 2.22. The van der Waals surface area contributed by atoms with Crippen LogP contribution in [-0.2, 0) is 4.74 Å². The lowest BCUT2D eigenvalue weighted by Crippen LogP contribution is -2.37. The van der Waals surface area contributed by atoms with Gasteiger partial charge in [0.25, 0.3) is 0 Å². The number of hydrogen-bond acceptors (Lipinski definition) is 4. The Bertz CT molecular complexity index is 545. The maximum absolute atomic E-state index is 9.30. The Morgan fingerprint density at radius 3 is 3.11 bits per heavy atom. The van der Waals surface area contributed by atoms with Crippen LogP contribution in [0.1, 0.15) is 24.1 Å². The van der Waals surface area contributed by atoms with Crippen molar-refractivity contribution in [3.05, 3.63) is 22.0 Å². The first-order valence-corrected chi connectivity index (χ1v) is 6.94. The Morgan fingerprint density at radius 2 is 2.42 bits per heavy atom. The summed E-state index contributed by atoms with van der Waals surface area (Å²) in [6, 6.07) is 4.24. The molecular formula is C14H19N3OS. The van der Waals surface area contributed by atoms with Gasteiger partial charge in [0.2, 0.25) is 0 Å². The van der Waals surface area contributed by atoms with Gasteiger partial charge in [0.05, 0.1) is 12.3 Å². The molecule has 1 aliphatic heterocycles. The number of hydrogen-bond donors (Lipinski definition) is 1. The molecule has 1 aromatic heterocycles. The van der Waals surface area contributed by atoms with Crippen LogP contribution >= 0.6 is 12.2 Å². The number of nitriles is 1. The van der Waals surface area contributed by atoms with E-state index in [1.165, 1.54) is 6.42 Å². The summed E-state index contributed by atoms with van der Waals surface area (Å²) >= 11 is 5.25. The third kappa shape index (κ3) is 3.14. The molecule has 102 valence electrons. The van der Waals surface area contributed by atoms with Gasteiger partial charge in [0.15, 0.2) is 0 Å². The number of pyridine rings is 1. The number of ether oxygens (including phenoxy) is 1. The van der Waals surface area contributed by atoms with E-state index in [4.69, 9.17) is 17.0 Å². The van der Waals surface area contributed by atoms with E-state index in [1.807, 2.05) is 13.0 Å². The number of piperidine rings is 1. The zero-order valence-electron chi connectivity index (χ0n) is 11.4. The number of nitrogens with zero attached hydrogens (tertiary/aromatic N) is 2. The normalized spacial score (nSPS) is 19.2. The summed E-state index contributed by atoms with van der Waals surface area (Å²) < 4.78 is 5.78. The van der Waals surface area contributed by atoms with E-state index in [0.717, 1.165) is 37.5 Å². The number of nitrogens with one attached hydrogen (secondary N) is 1. The zero-order valence-corrected chi connectivity index (χ0v) is 12.2. The molecule has 1 aromatic rings. The molecule has 5 heteroatoms. The topological polar surface area (TPSA) is 52.0 Å². The minimum absolute atomic E-state index is 0.531. The predicted molar refractivity (Wildman–Crippen MR) is 77.9 cm³/mol. The van der Waals surface area contributed by atoms with Crippen molar-refractivity contribution in [2.75, 3.05) is 31.7 Å². The minimum atomic E-state index is 0.531. The SMILES string of the molecule is COC[C@H]1CCCN(c2cc(C)[nH]c(=S)c2C#N)C1.